The first kappa shape index (κ1) is 20.3. The summed E-state index contributed by atoms with van der Waals surface area (Å²) in [5.41, 5.74) is 1.26. The Hall–Kier alpha value is -2.48. The summed E-state index contributed by atoms with van der Waals surface area (Å²) in [5.74, 6) is -1.53. The summed E-state index contributed by atoms with van der Waals surface area (Å²) in [6, 6.07) is 7.47. The zero-order valence-corrected chi connectivity index (χ0v) is 16.4. The van der Waals surface area contributed by atoms with Crippen molar-refractivity contribution in [2.75, 3.05) is 19.8 Å². The number of oxazole rings is 1. The van der Waals surface area contributed by atoms with E-state index in [9.17, 15) is 14.7 Å². The maximum Gasteiger partial charge on any atom is 0.420 e. The molecule has 3 rings (SSSR count). The molecule has 0 amide bonds. The summed E-state index contributed by atoms with van der Waals surface area (Å²) >= 11 is 12.1. The molecule has 0 aliphatic carbocycles. The van der Waals surface area contributed by atoms with Gasteiger partial charge in [0.25, 0.3) is 0 Å². The van der Waals surface area contributed by atoms with E-state index >= 15 is 0 Å². The van der Waals surface area contributed by atoms with Gasteiger partial charge in [0, 0.05) is 11.6 Å². The fraction of sp³-hybridized carbons (Fsp3) is 0.263. The lowest BCUT2D eigenvalue weighted by atomic mass is 10.1. The summed E-state index contributed by atoms with van der Waals surface area (Å²) in [5, 5.41) is 10.8. The standard InChI is InChI=1S/C19H17Cl2NO6/c1-2-26-5-6-27-18(24)13-4-3-11(7-16(13)23)10-22-15-9-12(20)8-14(21)17(15)28-19(22)25/h3-4,7-9,23H,2,5-6,10H2,1H3. The summed E-state index contributed by atoms with van der Waals surface area (Å²) in [4.78, 5) is 24.2. The maximum absolute atomic E-state index is 12.2. The van der Waals surface area contributed by atoms with Crippen LogP contribution in [0.1, 0.15) is 22.8 Å². The van der Waals surface area contributed by atoms with E-state index in [4.69, 9.17) is 37.1 Å². The van der Waals surface area contributed by atoms with Gasteiger partial charge in [-0.1, -0.05) is 29.3 Å². The number of ether oxygens (including phenoxy) is 2. The maximum atomic E-state index is 12.2. The molecule has 0 fully saturated rings. The first-order valence-electron chi connectivity index (χ1n) is 8.46. The van der Waals surface area contributed by atoms with Gasteiger partial charge in [-0.15, -0.1) is 0 Å². The highest BCUT2D eigenvalue weighted by Gasteiger charge is 2.16. The molecule has 1 heterocycles. The van der Waals surface area contributed by atoms with Gasteiger partial charge in [0.1, 0.15) is 17.9 Å². The number of carbonyl (C=O) groups is 1. The van der Waals surface area contributed by atoms with E-state index in [0.29, 0.717) is 22.7 Å². The minimum Gasteiger partial charge on any atom is -0.507 e. The third-order valence-electron chi connectivity index (χ3n) is 3.98. The number of nitrogens with zero attached hydrogens (tertiary/aromatic N) is 1. The van der Waals surface area contributed by atoms with E-state index in [2.05, 4.69) is 0 Å². The van der Waals surface area contributed by atoms with Gasteiger partial charge in [0.05, 0.1) is 23.7 Å². The minimum absolute atomic E-state index is 0.0238. The van der Waals surface area contributed by atoms with Crippen molar-refractivity contribution in [3.8, 4) is 5.75 Å². The molecule has 0 spiro atoms. The SMILES string of the molecule is CCOCCOC(=O)c1ccc(Cn2c(=O)oc3c(Cl)cc(Cl)cc32)cc1O. The lowest BCUT2D eigenvalue weighted by molar-refractivity contribution is 0.0332. The largest absolute Gasteiger partial charge is 0.507 e. The zero-order valence-electron chi connectivity index (χ0n) is 14.9. The third-order valence-corrected chi connectivity index (χ3v) is 4.48. The number of rotatable bonds is 7. The van der Waals surface area contributed by atoms with Crippen molar-refractivity contribution in [2.45, 2.75) is 13.5 Å². The summed E-state index contributed by atoms with van der Waals surface area (Å²) in [7, 11) is 0. The van der Waals surface area contributed by atoms with Crippen molar-refractivity contribution in [1.29, 1.82) is 0 Å². The van der Waals surface area contributed by atoms with Crippen LogP contribution in [0.2, 0.25) is 10.0 Å². The monoisotopic (exact) mass is 425 g/mol. The Labute approximate surface area is 170 Å². The Morgan fingerprint density at radius 2 is 2.00 bits per heavy atom. The molecule has 0 saturated carbocycles. The van der Waals surface area contributed by atoms with E-state index in [-0.39, 0.29) is 41.7 Å². The van der Waals surface area contributed by atoms with Crippen molar-refractivity contribution in [1.82, 2.24) is 4.57 Å². The Kier molecular flexibility index (Phi) is 6.28. The number of carbonyl (C=O) groups excluding carboxylic acids is 1. The molecule has 0 aliphatic heterocycles. The van der Waals surface area contributed by atoms with Crippen LogP contribution in [0, 0.1) is 0 Å². The first-order valence-corrected chi connectivity index (χ1v) is 9.21. The van der Waals surface area contributed by atoms with Crippen LogP contribution < -0.4 is 5.76 Å². The van der Waals surface area contributed by atoms with Crippen molar-refractivity contribution in [2.24, 2.45) is 0 Å². The number of halogens is 2. The molecule has 148 valence electrons. The van der Waals surface area contributed by atoms with E-state index in [1.165, 1.54) is 22.8 Å². The van der Waals surface area contributed by atoms with Gasteiger partial charge in [-0.3, -0.25) is 4.57 Å². The lowest BCUT2D eigenvalue weighted by Crippen LogP contribution is -2.15. The highest BCUT2D eigenvalue weighted by molar-refractivity contribution is 6.37. The normalized spacial score (nSPS) is 11.1. The molecule has 0 bridgehead atoms. The van der Waals surface area contributed by atoms with Crippen molar-refractivity contribution in [3.05, 3.63) is 62.1 Å². The molecule has 2 aromatic carbocycles. The number of phenolic OH excluding ortho intramolecular Hbond substituents is 1. The predicted octanol–water partition coefficient (Wildman–Crippen LogP) is 3.85. The average Bonchev–Trinajstić information content (AvgIpc) is 2.95. The van der Waals surface area contributed by atoms with Gasteiger partial charge < -0.3 is 19.0 Å². The van der Waals surface area contributed by atoms with Gasteiger partial charge in [0.2, 0.25) is 0 Å². The summed E-state index contributed by atoms with van der Waals surface area (Å²) in [6.45, 7) is 2.82. The van der Waals surface area contributed by atoms with Crippen molar-refractivity contribution < 1.29 is 23.8 Å². The molecule has 7 nitrogen and oxygen atoms in total. The smallest absolute Gasteiger partial charge is 0.420 e. The average molecular weight is 426 g/mol. The van der Waals surface area contributed by atoms with Crippen LogP contribution in [0.5, 0.6) is 5.75 Å². The number of hydrogen-bond acceptors (Lipinski definition) is 6. The fourth-order valence-electron chi connectivity index (χ4n) is 2.68. The molecule has 1 N–H and O–H groups in total. The number of fused-ring (bicyclic) bond motifs is 1. The molecule has 1 aromatic heterocycles. The number of benzene rings is 2. The second-order valence-electron chi connectivity index (χ2n) is 5.87. The zero-order chi connectivity index (χ0) is 20.3. The van der Waals surface area contributed by atoms with Crippen molar-refractivity contribution in [3.63, 3.8) is 0 Å². The molecule has 9 heteroatoms. The van der Waals surface area contributed by atoms with Gasteiger partial charge >= 0.3 is 11.7 Å². The Morgan fingerprint density at radius 3 is 2.71 bits per heavy atom. The molecular formula is C19H17Cl2NO6. The second-order valence-corrected chi connectivity index (χ2v) is 6.72. The molecular weight excluding hydrogens is 409 g/mol. The van der Waals surface area contributed by atoms with Crippen LogP contribution in [0.4, 0.5) is 0 Å². The van der Waals surface area contributed by atoms with Crippen molar-refractivity contribution >= 4 is 40.3 Å². The van der Waals surface area contributed by atoms with Gasteiger partial charge in [0.15, 0.2) is 5.58 Å². The molecule has 0 atom stereocenters. The predicted molar refractivity (Wildman–Crippen MR) is 104 cm³/mol. The molecule has 0 radical (unpaired) electrons. The highest BCUT2D eigenvalue weighted by atomic mass is 35.5. The molecule has 3 aromatic rings. The van der Waals surface area contributed by atoms with Crippen LogP contribution in [-0.4, -0.2) is 35.5 Å². The van der Waals surface area contributed by atoms with E-state index < -0.39 is 11.7 Å². The van der Waals surface area contributed by atoms with Gasteiger partial charge in [-0.05, 0) is 36.8 Å². The molecule has 28 heavy (non-hydrogen) atoms. The molecule has 0 saturated heterocycles. The number of esters is 1. The third kappa shape index (κ3) is 4.32. The lowest BCUT2D eigenvalue weighted by Gasteiger charge is -2.09. The molecule has 0 unspecified atom stereocenters. The second kappa shape index (κ2) is 8.68. The van der Waals surface area contributed by atoms with Gasteiger partial charge in [-0.25, -0.2) is 9.59 Å². The van der Waals surface area contributed by atoms with Gasteiger partial charge in [-0.2, -0.15) is 0 Å². The number of hydrogen-bond donors (Lipinski definition) is 1. The van der Waals surface area contributed by atoms with Crippen LogP contribution in [-0.2, 0) is 16.0 Å². The van der Waals surface area contributed by atoms with E-state index in [1.807, 2.05) is 6.92 Å². The topological polar surface area (TPSA) is 90.9 Å². The highest BCUT2D eigenvalue weighted by Crippen LogP contribution is 2.28. The van der Waals surface area contributed by atoms with Crippen LogP contribution in [0.15, 0.2) is 39.5 Å². The Balaban J connectivity index is 1.82. The summed E-state index contributed by atoms with van der Waals surface area (Å²) < 4.78 is 16.6. The number of aromatic nitrogens is 1. The van der Waals surface area contributed by atoms with E-state index in [1.54, 1.807) is 12.1 Å². The molecule has 0 aliphatic rings. The Morgan fingerprint density at radius 1 is 1.21 bits per heavy atom. The number of phenols is 1. The Bertz CT molecular complexity index is 1070. The van der Waals surface area contributed by atoms with Crippen LogP contribution in [0.25, 0.3) is 11.1 Å². The first-order chi connectivity index (χ1) is 13.4. The number of aromatic hydroxyl groups is 1. The quantitative estimate of drug-likeness (QED) is 0.456. The minimum atomic E-state index is -0.659. The van der Waals surface area contributed by atoms with E-state index in [0.717, 1.165) is 0 Å². The summed E-state index contributed by atoms with van der Waals surface area (Å²) in [6.07, 6.45) is 0. The van der Waals surface area contributed by atoms with Crippen LogP contribution in [0.3, 0.4) is 0 Å². The fourth-order valence-corrected chi connectivity index (χ4v) is 3.21. The van der Waals surface area contributed by atoms with Crippen LogP contribution >= 0.6 is 23.2 Å².